The second kappa shape index (κ2) is 6.02. The van der Waals surface area contributed by atoms with Gasteiger partial charge in [0.1, 0.15) is 5.01 Å². The van der Waals surface area contributed by atoms with Crippen molar-refractivity contribution >= 4 is 22.7 Å². The van der Waals surface area contributed by atoms with Gasteiger partial charge >= 0.3 is 6.18 Å². The summed E-state index contributed by atoms with van der Waals surface area (Å²) in [5, 5.41) is 8.79. The van der Waals surface area contributed by atoms with Gasteiger partial charge in [0.05, 0.1) is 0 Å². The molecule has 0 radical (unpaired) electrons. The molecule has 0 spiro atoms. The minimum absolute atomic E-state index is 0.202. The summed E-state index contributed by atoms with van der Waals surface area (Å²) in [6.45, 7) is 2.38. The average Bonchev–Trinajstić information content (AvgIpc) is 2.95. The summed E-state index contributed by atoms with van der Waals surface area (Å²) >= 11 is 2.67. The summed E-state index contributed by atoms with van der Waals surface area (Å²) in [6.07, 6.45) is -3.49. The van der Waals surface area contributed by atoms with Gasteiger partial charge < -0.3 is 5.32 Å². The fourth-order valence-electron chi connectivity index (χ4n) is 1.62. The van der Waals surface area contributed by atoms with Crippen LogP contribution in [0.3, 0.4) is 0 Å². The molecule has 0 saturated carbocycles. The Morgan fingerprint density at radius 2 is 2.16 bits per heavy atom. The number of thiophene rings is 1. The molecule has 1 N–H and O–H groups in total. The second-order valence-electron chi connectivity index (χ2n) is 4.24. The topological polar surface area (TPSA) is 24.9 Å². The normalized spacial score (nSPS) is 13.7. The van der Waals surface area contributed by atoms with E-state index >= 15 is 0 Å². The molecule has 1 unspecified atom stereocenters. The maximum absolute atomic E-state index is 12.4. The number of nitrogens with zero attached hydrogens (tertiary/aromatic N) is 1. The van der Waals surface area contributed by atoms with Crippen molar-refractivity contribution in [1.29, 1.82) is 0 Å². The van der Waals surface area contributed by atoms with Gasteiger partial charge in [-0.3, -0.25) is 0 Å². The van der Waals surface area contributed by atoms with Gasteiger partial charge in [0.2, 0.25) is 0 Å². The summed E-state index contributed by atoms with van der Waals surface area (Å²) in [5.74, 6) is 0. The van der Waals surface area contributed by atoms with Crippen LogP contribution in [0.1, 0.15) is 23.2 Å². The second-order valence-corrected chi connectivity index (χ2v) is 5.96. The van der Waals surface area contributed by atoms with Gasteiger partial charge in [-0.15, -0.1) is 11.3 Å². The Morgan fingerprint density at radius 3 is 2.74 bits per heavy atom. The van der Waals surface area contributed by atoms with Crippen molar-refractivity contribution in [3.05, 3.63) is 38.5 Å². The van der Waals surface area contributed by atoms with Crippen LogP contribution in [-0.2, 0) is 19.1 Å². The zero-order valence-electron chi connectivity index (χ0n) is 10.2. The van der Waals surface area contributed by atoms with Crippen LogP contribution in [0.25, 0.3) is 0 Å². The number of thiazole rings is 1. The van der Waals surface area contributed by atoms with E-state index in [1.165, 1.54) is 5.56 Å². The maximum Gasteiger partial charge on any atom is 0.434 e. The van der Waals surface area contributed by atoms with Gasteiger partial charge in [-0.25, -0.2) is 4.98 Å². The van der Waals surface area contributed by atoms with Crippen LogP contribution < -0.4 is 5.32 Å². The molecule has 0 saturated heterocycles. The Morgan fingerprint density at radius 1 is 1.37 bits per heavy atom. The van der Waals surface area contributed by atoms with Crippen molar-refractivity contribution in [1.82, 2.24) is 10.3 Å². The van der Waals surface area contributed by atoms with E-state index in [1.54, 1.807) is 11.3 Å². The number of hydrogen-bond donors (Lipinski definition) is 1. The zero-order chi connectivity index (χ0) is 13.9. The SMILES string of the molecule is CC(Cc1ccsc1)NCc1nc(C(F)(F)F)cs1. The van der Waals surface area contributed by atoms with Gasteiger partial charge in [-0.2, -0.15) is 24.5 Å². The highest BCUT2D eigenvalue weighted by Gasteiger charge is 2.33. The molecule has 2 heterocycles. The highest BCUT2D eigenvalue weighted by atomic mass is 32.1. The molecule has 0 aliphatic carbocycles. The predicted molar refractivity (Wildman–Crippen MR) is 71.4 cm³/mol. The summed E-state index contributed by atoms with van der Waals surface area (Å²) in [7, 11) is 0. The minimum Gasteiger partial charge on any atom is -0.308 e. The van der Waals surface area contributed by atoms with Gasteiger partial charge in [0.15, 0.2) is 5.69 Å². The number of rotatable bonds is 5. The monoisotopic (exact) mass is 306 g/mol. The first-order chi connectivity index (χ1) is 8.95. The Hall–Kier alpha value is -0.920. The Labute approximate surface area is 117 Å². The standard InChI is InChI=1S/C12H13F3N2S2/c1-8(4-9-2-3-18-6-9)16-5-11-17-10(7-19-11)12(13,14)15/h2-3,6-8,16H,4-5H2,1H3. The molecule has 1 atom stereocenters. The van der Waals surface area contributed by atoms with E-state index in [2.05, 4.69) is 15.7 Å². The van der Waals surface area contributed by atoms with Crippen molar-refractivity contribution in [2.45, 2.75) is 32.1 Å². The fraction of sp³-hybridized carbons (Fsp3) is 0.417. The fourth-order valence-corrected chi connectivity index (χ4v) is 3.05. The average molecular weight is 306 g/mol. The molecular weight excluding hydrogens is 293 g/mol. The smallest absolute Gasteiger partial charge is 0.308 e. The predicted octanol–water partition coefficient (Wildman–Crippen LogP) is 3.94. The third-order valence-corrected chi connectivity index (χ3v) is 4.15. The van der Waals surface area contributed by atoms with Crippen LogP contribution in [0.5, 0.6) is 0 Å². The van der Waals surface area contributed by atoms with Gasteiger partial charge in [0.25, 0.3) is 0 Å². The van der Waals surface area contributed by atoms with Crippen molar-refractivity contribution in [3.63, 3.8) is 0 Å². The molecule has 0 amide bonds. The van der Waals surface area contributed by atoms with E-state index in [0.717, 1.165) is 23.1 Å². The largest absolute Gasteiger partial charge is 0.434 e. The molecule has 2 aromatic heterocycles. The lowest BCUT2D eigenvalue weighted by molar-refractivity contribution is -0.140. The number of aromatic nitrogens is 1. The van der Waals surface area contributed by atoms with E-state index in [0.29, 0.717) is 11.6 Å². The third kappa shape index (κ3) is 4.29. The first-order valence-corrected chi connectivity index (χ1v) is 7.53. The van der Waals surface area contributed by atoms with E-state index < -0.39 is 11.9 Å². The van der Waals surface area contributed by atoms with Gasteiger partial charge in [-0.1, -0.05) is 0 Å². The molecule has 0 aliphatic heterocycles. The third-order valence-electron chi connectivity index (χ3n) is 2.57. The van der Waals surface area contributed by atoms with Crippen molar-refractivity contribution < 1.29 is 13.2 Å². The molecule has 2 rings (SSSR count). The van der Waals surface area contributed by atoms with E-state index in [4.69, 9.17) is 0 Å². The van der Waals surface area contributed by atoms with Crippen LogP contribution >= 0.6 is 22.7 Å². The van der Waals surface area contributed by atoms with E-state index in [-0.39, 0.29) is 6.04 Å². The van der Waals surface area contributed by atoms with Crippen LogP contribution in [0.4, 0.5) is 13.2 Å². The van der Waals surface area contributed by atoms with Crippen LogP contribution in [0, 0.1) is 0 Å². The highest BCUT2D eigenvalue weighted by Crippen LogP contribution is 2.29. The molecule has 2 aromatic rings. The number of alkyl halides is 3. The molecule has 0 aromatic carbocycles. The molecule has 104 valence electrons. The van der Waals surface area contributed by atoms with Gasteiger partial charge in [-0.05, 0) is 35.7 Å². The number of hydrogen-bond acceptors (Lipinski definition) is 4. The lowest BCUT2D eigenvalue weighted by atomic mass is 10.1. The first-order valence-electron chi connectivity index (χ1n) is 5.71. The Kier molecular flexibility index (Phi) is 4.59. The molecule has 7 heteroatoms. The Bertz CT molecular complexity index is 505. The van der Waals surface area contributed by atoms with Crippen LogP contribution in [0.2, 0.25) is 0 Å². The first kappa shape index (κ1) is 14.5. The van der Waals surface area contributed by atoms with E-state index in [9.17, 15) is 13.2 Å². The van der Waals surface area contributed by atoms with Gasteiger partial charge in [0, 0.05) is 18.0 Å². The summed E-state index contributed by atoms with van der Waals surface area (Å²) in [4.78, 5) is 3.58. The van der Waals surface area contributed by atoms with Crippen molar-refractivity contribution in [3.8, 4) is 0 Å². The molecule has 0 aliphatic rings. The summed E-state index contributed by atoms with van der Waals surface area (Å²) < 4.78 is 37.1. The molecule has 2 nitrogen and oxygen atoms in total. The van der Waals surface area contributed by atoms with Crippen molar-refractivity contribution in [2.24, 2.45) is 0 Å². The Balaban J connectivity index is 1.83. The zero-order valence-corrected chi connectivity index (χ0v) is 11.8. The molecule has 19 heavy (non-hydrogen) atoms. The van der Waals surface area contributed by atoms with E-state index in [1.807, 2.05) is 18.4 Å². The minimum atomic E-state index is -4.35. The van der Waals surface area contributed by atoms with Crippen LogP contribution in [0.15, 0.2) is 22.2 Å². The molecule has 0 fully saturated rings. The lowest BCUT2D eigenvalue weighted by Crippen LogP contribution is -2.27. The van der Waals surface area contributed by atoms with Crippen LogP contribution in [-0.4, -0.2) is 11.0 Å². The summed E-state index contributed by atoms with van der Waals surface area (Å²) in [6, 6.07) is 2.25. The highest BCUT2D eigenvalue weighted by molar-refractivity contribution is 7.09. The summed E-state index contributed by atoms with van der Waals surface area (Å²) in [5.41, 5.74) is 0.430. The maximum atomic E-state index is 12.4. The quantitative estimate of drug-likeness (QED) is 0.905. The lowest BCUT2D eigenvalue weighted by Gasteiger charge is -2.11. The molecule has 0 bridgehead atoms. The number of nitrogens with one attached hydrogen (secondary N) is 1. The van der Waals surface area contributed by atoms with Crippen molar-refractivity contribution in [2.75, 3.05) is 0 Å². The number of halogens is 3. The molecular formula is C12H13F3N2S2.